The van der Waals surface area contributed by atoms with Gasteiger partial charge in [-0.05, 0) is 69.3 Å². The first-order chi connectivity index (χ1) is 13.3. The number of aryl methyl sites for hydroxylation is 2. The Balaban J connectivity index is 2.13. The van der Waals surface area contributed by atoms with Crippen molar-refractivity contribution in [2.45, 2.75) is 25.7 Å². The van der Waals surface area contributed by atoms with Gasteiger partial charge in [0.15, 0.2) is 0 Å². The minimum atomic E-state index is -3.83. The van der Waals surface area contributed by atoms with Crippen LogP contribution in [0.2, 0.25) is 5.02 Å². The molecule has 0 fully saturated rings. The van der Waals surface area contributed by atoms with Crippen LogP contribution in [-0.2, 0) is 10.0 Å². The highest BCUT2D eigenvalue weighted by Crippen LogP contribution is 2.27. The number of benzene rings is 3. The predicted octanol–water partition coefficient (Wildman–Crippen LogP) is 5.90. The lowest BCUT2D eigenvalue weighted by atomic mass is 10.2. The maximum Gasteiger partial charge on any atom is 0.269 e. The highest BCUT2D eigenvalue weighted by molar-refractivity contribution is 7.93. The molecule has 0 saturated heterocycles. The summed E-state index contributed by atoms with van der Waals surface area (Å²) in [6.45, 7) is 5.55. The zero-order chi connectivity index (χ0) is 20.3. The zero-order valence-electron chi connectivity index (χ0n) is 15.9. The van der Waals surface area contributed by atoms with Crippen LogP contribution in [-0.4, -0.2) is 14.3 Å². The summed E-state index contributed by atoms with van der Waals surface area (Å²) in [5, 5.41) is 0.597. The molecule has 3 aromatic rings. The van der Waals surface area contributed by atoms with Crippen LogP contribution in [0.5, 0.6) is 0 Å². The average molecular weight is 413 g/mol. The molecule has 0 amide bonds. The number of nitrogens with zero attached hydrogens (tertiary/aromatic N) is 2. The van der Waals surface area contributed by atoms with Crippen molar-refractivity contribution in [2.75, 3.05) is 4.31 Å². The largest absolute Gasteiger partial charge is 0.269 e. The molecule has 0 unspecified atom stereocenters. The highest BCUT2D eigenvalue weighted by Gasteiger charge is 2.27. The summed E-state index contributed by atoms with van der Waals surface area (Å²) in [6, 6.07) is 21.0. The SMILES string of the molecule is CC(=Nc1ccc(Cl)cc1)N(c1ccc(C)cc1)S(=O)(=O)c1ccc(C)cc1. The molecule has 0 aliphatic heterocycles. The number of amidine groups is 1. The smallest absolute Gasteiger partial charge is 0.235 e. The third kappa shape index (κ3) is 4.43. The molecule has 0 spiro atoms. The molecule has 0 aromatic heterocycles. The second kappa shape index (κ2) is 8.17. The molecule has 0 aliphatic rings. The number of anilines is 1. The third-order valence-electron chi connectivity index (χ3n) is 4.24. The Kier molecular flexibility index (Phi) is 5.87. The maximum atomic E-state index is 13.4. The Morgan fingerprint density at radius 2 is 1.32 bits per heavy atom. The number of rotatable bonds is 4. The Morgan fingerprint density at radius 3 is 1.86 bits per heavy atom. The first kappa shape index (κ1) is 20.1. The monoisotopic (exact) mass is 412 g/mol. The average Bonchev–Trinajstić information content (AvgIpc) is 2.65. The van der Waals surface area contributed by atoms with Gasteiger partial charge in [-0.25, -0.2) is 17.7 Å². The van der Waals surface area contributed by atoms with Gasteiger partial charge in [-0.3, -0.25) is 0 Å². The summed E-state index contributed by atoms with van der Waals surface area (Å²) in [5.41, 5.74) is 3.19. The number of aliphatic imine (C=N–C) groups is 1. The minimum Gasteiger partial charge on any atom is -0.235 e. The Morgan fingerprint density at radius 1 is 0.821 bits per heavy atom. The van der Waals surface area contributed by atoms with E-state index in [1.807, 2.05) is 26.0 Å². The fourth-order valence-electron chi connectivity index (χ4n) is 2.74. The Bertz CT molecular complexity index is 1090. The molecule has 0 radical (unpaired) electrons. The van der Waals surface area contributed by atoms with E-state index in [4.69, 9.17) is 11.6 Å². The van der Waals surface area contributed by atoms with Crippen molar-refractivity contribution in [3.8, 4) is 0 Å². The van der Waals surface area contributed by atoms with E-state index in [0.29, 0.717) is 22.2 Å². The lowest BCUT2D eigenvalue weighted by Gasteiger charge is -2.24. The standard InChI is InChI=1S/C22H21ClN2O2S/c1-16-4-12-21(13-5-16)25(18(3)24-20-10-8-19(23)9-11-20)28(26,27)22-14-6-17(2)7-15-22/h4-15H,1-3H3. The van der Waals surface area contributed by atoms with Gasteiger partial charge in [0.1, 0.15) is 5.84 Å². The minimum absolute atomic E-state index is 0.212. The number of sulfonamides is 1. The van der Waals surface area contributed by atoms with Crippen molar-refractivity contribution < 1.29 is 8.42 Å². The molecular weight excluding hydrogens is 392 g/mol. The van der Waals surface area contributed by atoms with Gasteiger partial charge in [-0.1, -0.05) is 47.0 Å². The van der Waals surface area contributed by atoms with E-state index in [1.54, 1.807) is 67.6 Å². The van der Waals surface area contributed by atoms with Crippen LogP contribution >= 0.6 is 11.6 Å². The summed E-state index contributed by atoms with van der Waals surface area (Å²) in [7, 11) is -3.83. The molecule has 28 heavy (non-hydrogen) atoms. The second-order valence-electron chi connectivity index (χ2n) is 6.55. The molecule has 0 bridgehead atoms. The summed E-state index contributed by atoms with van der Waals surface area (Å²) in [5.74, 6) is 0.340. The number of hydrogen-bond acceptors (Lipinski definition) is 3. The zero-order valence-corrected chi connectivity index (χ0v) is 17.5. The van der Waals surface area contributed by atoms with Crippen LogP contribution in [0.3, 0.4) is 0 Å². The van der Waals surface area contributed by atoms with Crippen LogP contribution < -0.4 is 4.31 Å². The lowest BCUT2D eigenvalue weighted by Crippen LogP contribution is -2.35. The van der Waals surface area contributed by atoms with Crippen molar-refractivity contribution in [1.29, 1.82) is 0 Å². The van der Waals surface area contributed by atoms with E-state index in [-0.39, 0.29) is 4.90 Å². The first-order valence-electron chi connectivity index (χ1n) is 8.77. The van der Waals surface area contributed by atoms with Crippen molar-refractivity contribution in [3.05, 3.63) is 88.9 Å². The lowest BCUT2D eigenvalue weighted by molar-refractivity contribution is 0.597. The second-order valence-corrected chi connectivity index (χ2v) is 8.78. The van der Waals surface area contributed by atoms with Gasteiger partial charge < -0.3 is 0 Å². The highest BCUT2D eigenvalue weighted by atomic mass is 35.5. The molecular formula is C22H21ClN2O2S. The summed E-state index contributed by atoms with van der Waals surface area (Å²) in [6.07, 6.45) is 0. The fourth-order valence-corrected chi connectivity index (χ4v) is 4.35. The molecule has 3 rings (SSSR count). The van der Waals surface area contributed by atoms with Crippen LogP contribution in [0.15, 0.2) is 82.7 Å². The fraction of sp³-hybridized carbons (Fsp3) is 0.136. The van der Waals surface area contributed by atoms with E-state index in [1.165, 1.54) is 4.31 Å². The van der Waals surface area contributed by atoms with Crippen molar-refractivity contribution in [3.63, 3.8) is 0 Å². The maximum absolute atomic E-state index is 13.4. The van der Waals surface area contributed by atoms with Crippen molar-refractivity contribution in [2.24, 2.45) is 4.99 Å². The van der Waals surface area contributed by atoms with Gasteiger partial charge in [-0.15, -0.1) is 0 Å². The number of halogens is 1. The molecule has 144 valence electrons. The van der Waals surface area contributed by atoms with Crippen LogP contribution in [0.1, 0.15) is 18.1 Å². The van der Waals surface area contributed by atoms with Gasteiger partial charge in [0.2, 0.25) is 0 Å². The van der Waals surface area contributed by atoms with Gasteiger partial charge in [-0.2, -0.15) is 0 Å². The molecule has 0 saturated carbocycles. The van der Waals surface area contributed by atoms with Gasteiger partial charge in [0.25, 0.3) is 10.0 Å². The normalized spacial score (nSPS) is 12.1. The molecule has 0 atom stereocenters. The van der Waals surface area contributed by atoms with E-state index < -0.39 is 10.0 Å². The van der Waals surface area contributed by atoms with E-state index in [2.05, 4.69) is 4.99 Å². The van der Waals surface area contributed by atoms with E-state index in [9.17, 15) is 8.42 Å². The molecule has 0 N–H and O–H groups in total. The summed E-state index contributed by atoms with van der Waals surface area (Å²) in [4.78, 5) is 4.73. The molecule has 4 nitrogen and oxygen atoms in total. The van der Waals surface area contributed by atoms with Gasteiger partial charge in [0, 0.05) is 5.02 Å². The predicted molar refractivity (Wildman–Crippen MR) is 116 cm³/mol. The Labute approximate surface area is 171 Å². The summed E-state index contributed by atoms with van der Waals surface area (Å²) < 4.78 is 28.1. The quantitative estimate of drug-likeness (QED) is 0.395. The van der Waals surface area contributed by atoms with Crippen molar-refractivity contribution in [1.82, 2.24) is 0 Å². The van der Waals surface area contributed by atoms with E-state index in [0.717, 1.165) is 11.1 Å². The van der Waals surface area contributed by atoms with E-state index >= 15 is 0 Å². The topological polar surface area (TPSA) is 49.7 Å². The van der Waals surface area contributed by atoms with Gasteiger partial charge in [0.05, 0.1) is 16.3 Å². The molecule has 3 aromatic carbocycles. The summed E-state index contributed by atoms with van der Waals surface area (Å²) >= 11 is 5.93. The van der Waals surface area contributed by atoms with Crippen molar-refractivity contribution >= 4 is 38.8 Å². The van der Waals surface area contributed by atoms with Crippen LogP contribution in [0.25, 0.3) is 0 Å². The van der Waals surface area contributed by atoms with Crippen LogP contribution in [0, 0.1) is 13.8 Å². The first-order valence-corrected chi connectivity index (χ1v) is 10.6. The molecule has 6 heteroatoms. The van der Waals surface area contributed by atoms with Gasteiger partial charge >= 0.3 is 0 Å². The number of hydrogen-bond donors (Lipinski definition) is 0. The molecule has 0 heterocycles. The van der Waals surface area contributed by atoms with Crippen LogP contribution in [0.4, 0.5) is 11.4 Å². The third-order valence-corrected chi connectivity index (χ3v) is 6.31. The Hall–Kier alpha value is -2.63. The molecule has 0 aliphatic carbocycles.